The van der Waals surface area contributed by atoms with Crippen molar-refractivity contribution < 1.29 is 28.6 Å². The third-order valence-electron chi connectivity index (χ3n) is 5.35. The molecule has 166 valence electrons. The molecule has 4 rings (SSSR count). The lowest BCUT2D eigenvalue weighted by atomic mass is 9.94. The summed E-state index contributed by atoms with van der Waals surface area (Å²) in [5.41, 5.74) is 0.707. The van der Waals surface area contributed by atoms with Gasteiger partial charge in [0.2, 0.25) is 0 Å². The molecule has 1 atom stereocenters. The molecule has 6 nitrogen and oxygen atoms in total. The Morgan fingerprint density at radius 2 is 1.58 bits per heavy atom. The molecule has 7 heteroatoms. The Hall–Kier alpha value is -4.26. The van der Waals surface area contributed by atoms with E-state index in [1.807, 2.05) is 0 Å². The summed E-state index contributed by atoms with van der Waals surface area (Å²) in [6.07, 6.45) is 0. The number of hydrogen-bond acceptors (Lipinski definition) is 5. The Kier molecular flexibility index (Phi) is 6.04. The highest BCUT2D eigenvalue weighted by atomic mass is 19.1. The number of aliphatic hydroxyl groups is 1. The average molecular weight is 445 g/mol. The van der Waals surface area contributed by atoms with Crippen molar-refractivity contribution in [2.45, 2.75) is 13.0 Å². The third-order valence-corrected chi connectivity index (χ3v) is 5.35. The number of aliphatic hydroxyl groups excluding tert-OH is 1. The summed E-state index contributed by atoms with van der Waals surface area (Å²) in [5.74, 6) is -3.39. The van der Waals surface area contributed by atoms with Gasteiger partial charge in [0.1, 0.15) is 11.6 Å². The van der Waals surface area contributed by atoms with Crippen molar-refractivity contribution in [3.8, 4) is 0 Å². The number of hydrogen-bond donors (Lipinski definition) is 1. The largest absolute Gasteiger partial charge is 0.507 e. The lowest BCUT2D eigenvalue weighted by Gasteiger charge is -2.25. The molecule has 1 N–H and O–H groups in total. The number of ketones is 1. The van der Waals surface area contributed by atoms with E-state index in [2.05, 4.69) is 0 Å². The zero-order valence-corrected chi connectivity index (χ0v) is 17.7. The Balaban J connectivity index is 1.88. The SMILES string of the molecule is CCOC(=O)c1ccc(N2C(=O)C(=O)/C(=C(/O)c3ccccc3)[C@@H]2c2ccccc2F)cc1. The molecule has 33 heavy (non-hydrogen) atoms. The monoisotopic (exact) mass is 445 g/mol. The van der Waals surface area contributed by atoms with Gasteiger partial charge in [-0.05, 0) is 37.3 Å². The number of rotatable bonds is 5. The maximum Gasteiger partial charge on any atom is 0.338 e. The predicted molar refractivity (Wildman–Crippen MR) is 120 cm³/mol. The summed E-state index contributed by atoms with van der Waals surface area (Å²) >= 11 is 0. The first-order valence-corrected chi connectivity index (χ1v) is 10.3. The van der Waals surface area contributed by atoms with E-state index < -0.39 is 35.3 Å². The third kappa shape index (κ3) is 4.01. The summed E-state index contributed by atoms with van der Waals surface area (Å²) in [6, 6.07) is 18.7. The number of amides is 1. The minimum absolute atomic E-state index is 0.0589. The van der Waals surface area contributed by atoms with Crippen LogP contribution in [0.3, 0.4) is 0 Å². The van der Waals surface area contributed by atoms with E-state index in [9.17, 15) is 23.9 Å². The molecule has 0 unspecified atom stereocenters. The van der Waals surface area contributed by atoms with Crippen LogP contribution in [-0.2, 0) is 14.3 Å². The van der Waals surface area contributed by atoms with Crippen molar-refractivity contribution in [3.63, 3.8) is 0 Å². The first-order chi connectivity index (χ1) is 15.9. The highest BCUT2D eigenvalue weighted by Crippen LogP contribution is 2.42. The highest BCUT2D eigenvalue weighted by Gasteiger charge is 2.47. The van der Waals surface area contributed by atoms with Crippen LogP contribution in [0.1, 0.15) is 34.5 Å². The minimum Gasteiger partial charge on any atom is -0.507 e. The summed E-state index contributed by atoms with van der Waals surface area (Å²) < 4.78 is 19.8. The van der Waals surface area contributed by atoms with Gasteiger partial charge in [-0.1, -0.05) is 48.5 Å². The number of anilines is 1. The highest BCUT2D eigenvalue weighted by molar-refractivity contribution is 6.51. The fourth-order valence-corrected chi connectivity index (χ4v) is 3.81. The maximum atomic E-state index is 14.9. The Morgan fingerprint density at radius 3 is 2.21 bits per heavy atom. The van der Waals surface area contributed by atoms with Crippen LogP contribution < -0.4 is 4.90 Å². The number of esters is 1. The van der Waals surface area contributed by atoms with Crippen molar-refractivity contribution >= 4 is 29.1 Å². The molecule has 1 heterocycles. The zero-order valence-electron chi connectivity index (χ0n) is 17.7. The quantitative estimate of drug-likeness (QED) is 0.268. The van der Waals surface area contributed by atoms with Crippen molar-refractivity contribution in [2.75, 3.05) is 11.5 Å². The molecular formula is C26H20FNO5. The van der Waals surface area contributed by atoms with Crippen LogP contribution >= 0.6 is 0 Å². The number of carbonyl (C=O) groups is 3. The van der Waals surface area contributed by atoms with Crippen molar-refractivity contribution in [3.05, 3.63) is 107 Å². The summed E-state index contributed by atoms with van der Waals surface area (Å²) in [5, 5.41) is 11.0. The lowest BCUT2D eigenvalue weighted by Crippen LogP contribution is -2.29. The van der Waals surface area contributed by atoms with Crippen LogP contribution in [0.15, 0.2) is 84.4 Å². The Labute approximate surface area is 189 Å². The maximum absolute atomic E-state index is 14.9. The second-order valence-corrected chi connectivity index (χ2v) is 7.32. The average Bonchev–Trinajstić information content (AvgIpc) is 3.10. The van der Waals surface area contributed by atoms with Crippen LogP contribution in [0.25, 0.3) is 5.76 Å². The van der Waals surface area contributed by atoms with Gasteiger partial charge in [-0.25, -0.2) is 9.18 Å². The van der Waals surface area contributed by atoms with Crippen molar-refractivity contribution in [1.29, 1.82) is 0 Å². The van der Waals surface area contributed by atoms with Crippen LogP contribution in [-0.4, -0.2) is 29.4 Å². The normalized spacial score (nSPS) is 17.3. The van der Waals surface area contributed by atoms with E-state index in [0.717, 1.165) is 4.90 Å². The van der Waals surface area contributed by atoms with Gasteiger partial charge in [0.05, 0.1) is 23.8 Å². The minimum atomic E-state index is -1.19. The standard InChI is InChI=1S/C26H20FNO5/c1-2-33-26(32)17-12-14-18(15-13-17)28-22(19-10-6-7-11-20(19)27)21(24(30)25(28)31)23(29)16-8-4-3-5-9-16/h3-15,22,29H,2H2,1H3/b23-21+/t22-/m0/s1. The molecule has 1 fully saturated rings. The van der Waals surface area contributed by atoms with Crippen LogP contribution in [0, 0.1) is 5.82 Å². The van der Waals surface area contributed by atoms with Crippen LogP contribution in [0.2, 0.25) is 0 Å². The number of Topliss-reactive ketones (excluding diaryl/α,β-unsaturated/α-hetero) is 1. The summed E-state index contributed by atoms with van der Waals surface area (Å²) in [6.45, 7) is 1.90. The van der Waals surface area contributed by atoms with Gasteiger partial charge in [-0.15, -0.1) is 0 Å². The van der Waals surface area contributed by atoms with E-state index >= 15 is 0 Å². The van der Waals surface area contributed by atoms with Gasteiger partial charge in [-0.2, -0.15) is 0 Å². The van der Waals surface area contributed by atoms with E-state index in [0.29, 0.717) is 5.56 Å². The van der Waals surface area contributed by atoms with Crippen molar-refractivity contribution in [2.24, 2.45) is 0 Å². The Bertz CT molecular complexity index is 1250. The molecule has 3 aromatic carbocycles. The first kappa shape index (κ1) is 22.0. The molecule has 0 aromatic heterocycles. The Morgan fingerprint density at radius 1 is 0.939 bits per heavy atom. The number of nitrogens with zero attached hydrogens (tertiary/aromatic N) is 1. The number of carbonyl (C=O) groups excluding carboxylic acids is 3. The van der Waals surface area contributed by atoms with E-state index in [1.54, 1.807) is 43.3 Å². The predicted octanol–water partition coefficient (Wildman–Crippen LogP) is 4.63. The van der Waals surface area contributed by atoms with Gasteiger partial charge in [0.15, 0.2) is 0 Å². The van der Waals surface area contributed by atoms with Gasteiger partial charge < -0.3 is 9.84 Å². The topological polar surface area (TPSA) is 83.9 Å². The van der Waals surface area contributed by atoms with Crippen LogP contribution in [0.4, 0.5) is 10.1 Å². The number of ether oxygens (including phenoxy) is 1. The fraction of sp³-hybridized carbons (Fsp3) is 0.115. The molecule has 0 saturated carbocycles. The fourth-order valence-electron chi connectivity index (χ4n) is 3.81. The van der Waals surface area contributed by atoms with Gasteiger partial charge in [-0.3, -0.25) is 14.5 Å². The number of benzene rings is 3. The second-order valence-electron chi connectivity index (χ2n) is 7.32. The van der Waals surface area contributed by atoms with Gasteiger partial charge >= 0.3 is 5.97 Å². The molecule has 3 aromatic rings. The van der Waals surface area contributed by atoms with Crippen molar-refractivity contribution in [1.82, 2.24) is 0 Å². The smallest absolute Gasteiger partial charge is 0.338 e. The van der Waals surface area contributed by atoms with E-state index in [4.69, 9.17) is 4.74 Å². The molecule has 1 saturated heterocycles. The van der Waals surface area contributed by atoms with Gasteiger partial charge in [0.25, 0.3) is 11.7 Å². The zero-order chi connectivity index (χ0) is 23.5. The number of halogens is 1. The molecule has 1 aliphatic rings. The molecule has 1 aliphatic heterocycles. The molecule has 1 amide bonds. The molecule has 0 radical (unpaired) electrons. The van der Waals surface area contributed by atoms with E-state index in [1.165, 1.54) is 42.5 Å². The molecular weight excluding hydrogens is 425 g/mol. The molecule has 0 aliphatic carbocycles. The lowest BCUT2D eigenvalue weighted by molar-refractivity contribution is -0.132. The molecule has 0 bridgehead atoms. The van der Waals surface area contributed by atoms with Gasteiger partial charge in [0, 0.05) is 16.8 Å². The summed E-state index contributed by atoms with van der Waals surface area (Å²) in [4.78, 5) is 39.2. The first-order valence-electron chi connectivity index (χ1n) is 10.3. The summed E-state index contributed by atoms with van der Waals surface area (Å²) in [7, 11) is 0. The van der Waals surface area contributed by atoms with E-state index in [-0.39, 0.29) is 29.0 Å². The molecule has 0 spiro atoms. The second kappa shape index (κ2) is 9.08. The van der Waals surface area contributed by atoms with Crippen LogP contribution in [0.5, 0.6) is 0 Å².